The summed E-state index contributed by atoms with van der Waals surface area (Å²) in [5, 5.41) is 0. The fourth-order valence-corrected chi connectivity index (χ4v) is 2.11. The molecule has 10 heteroatoms. The summed E-state index contributed by atoms with van der Waals surface area (Å²) in [5.41, 5.74) is -1.21. The third-order valence-electron chi connectivity index (χ3n) is 1.72. The van der Waals surface area contributed by atoms with Crippen LogP contribution < -0.4 is 4.74 Å². The Bertz CT molecular complexity index is 540. The predicted molar refractivity (Wildman–Crippen MR) is 51.1 cm³/mol. The van der Waals surface area contributed by atoms with Gasteiger partial charge in [-0.2, -0.15) is 0 Å². The molecule has 0 heterocycles. The summed E-state index contributed by atoms with van der Waals surface area (Å²) < 4.78 is 86.4. The highest BCUT2D eigenvalue weighted by molar-refractivity contribution is 8.13. The largest absolute Gasteiger partial charge is 0.573 e. The van der Waals surface area contributed by atoms with Crippen LogP contribution in [-0.2, 0) is 9.05 Å². The molecule has 3 nitrogen and oxygen atoms in total. The molecule has 0 unspecified atom stereocenters. The van der Waals surface area contributed by atoms with E-state index in [0.717, 1.165) is 6.07 Å². The molecule has 0 aliphatic rings. The number of benzene rings is 1. The molecule has 0 aliphatic carbocycles. The van der Waals surface area contributed by atoms with Crippen LogP contribution in [0.3, 0.4) is 0 Å². The number of halogens is 6. The van der Waals surface area contributed by atoms with Gasteiger partial charge in [-0.1, -0.05) is 6.07 Å². The van der Waals surface area contributed by atoms with Crippen molar-refractivity contribution in [2.45, 2.75) is 17.7 Å². The number of alkyl halides is 5. The molecule has 18 heavy (non-hydrogen) atoms. The summed E-state index contributed by atoms with van der Waals surface area (Å²) in [6.45, 7) is 0. The first-order valence-electron chi connectivity index (χ1n) is 4.14. The zero-order valence-corrected chi connectivity index (χ0v) is 9.78. The van der Waals surface area contributed by atoms with E-state index in [2.05, 4.69) is 4.74 Å². The molecular formula is C8H4ClF5O3S. The highest BCUT2D eigenvalue weighted by Gasteiger charge is 2.36. The van der Waals surface area contributed by atoms with Crippen LogP contribution in [0.5, 0.6) is 5.75 Å². The summed E-state index contributed by atoms with van der Waals surface area (Å²) in [6.07, 6.45) is -8.66. The second-order valence-electron chi connectivity index (χ2n) is 2.96. The van der Waals surface area contributed by atoms with Gasteiger partial charge in [0, 0.05) is 10.7 Å². The lowest BCUT2D eigenvalue weighted by atomic mass is 10.2. The molecular weight excluding hydrogens is 307 g/mol. The summed E-state index contributed by atoms with van der Waals surface area (Å²) in [7, 11) is 0.201. The Hall–Kier alpha value is -1.09. The second-order valence-corrected chi connectivity index (χ2v) is 5.50. The first-order valence-corrected chi connectivity index (χ1v) is 6.45. The van der Waals surface area contributed by atoms with E-state index in [4.69, 9.17) is 10.7 Å². The van der Waals surface area contributed by atoms with Crippen molar-refractivity contribution in [3.63, 3.8) is 0 Å². The second kappa shape index (κ2) is 4.88. The van der Waals surface area contributed by atoms with Crippen LogP contribution in [0.1, 0.15) is 12.0 Å². The third kappa shape index (κ3) is 3.70. The van der Waals surface area contributed by atoms with Gasteiger partial charge in [0.25, 0.3) is 15.5 Å². The zero-order valence-electron chi connectivity index (χ0n) is 8.21. The van der Waals surface area contributed by atoms with Crippen LogP contribution in [0, 0.1) is 0 Å². The standard InChI is InChI=1S/C8H4ClF5O3S/c9-18(15,16)5-3-1-2-4(7(10)11)6(5)17-8(12,13)14/h1-3,7H. The molecule has 0 atom stereocenters. The van der Waals surface area contributed by atoms with Crippen molar-refractivity contribution in [2.24, 2.45) is 0 Å². The molecule has 0 saturated heterocycles. The van der Waals surface area contributed by atoms with Gasteiger partial charge in [-0.15, -0.1) is 13.2 Å². The normalized spacial score (nSPS) is 12.8. The maximum absolute atomic E-state index is 12.5. The van der Waals surface area contributed by atoms with Gasteiger partial charge in [-0.25, -0.2) is 17.2 Å². The van der Waals surface area contributed by atoms with Gasteiger partial charge in [0.15, 0.2) is 5.75 Å². The molecule has 0 amide bonds. The highest BCUT2D eigenvalue weighted by Crippen LogP contribution is 2.38. The van der Waals surface area contributed by atoms with E-state index in [0.29, 0.717) is 12.1 Å². The van der Waals surface area contributed by atoms with E-state index >= 15 is 0 Å². The number of hydrogen-bond donors (Lipinski definition) is 0. The third-order valence-corrected chi connectivity index (χ3v) is 3.07. The van der Waals surface area contributed by atoms with Gasteiger partial charge in [0.05, 0.1) is 5.56 Å². The van der Waals surface area contributed by atoms with Crippen molar-refractivity contribution in [1.29, 1.82) is 0 Å². The van der Waals surface area contributed by atoms with E-state index in [1.807, 2.05) is 0 Å². The van der Waals surface area contributed by atoms with Gasteiger partial charge in [-0.05, 0) is 12.1 Å². The lowest BCUT2D eigenvalue weighted by Gasteiger charge is -2.15. The molecule has 0 radical (unpaired) electrons. The quantitative estimate of drug-likeness (QED) is 0.634. The van der Waals surface area contributed by atoms with Crippen LogP contribution in [-0.4, -0.2) is 14.8 Å². The molecule has 0 N–H and O–H groups in total. The van der Waals surface area contributed by atoms with Crippen molar-refractivity contribution in [3.05, 3.63) is 23.8 Å². The minimum Gasteiger partial charge on any atom is -0.404 e. The van der Waals surface area contributed by atoms with Crippen LogP contribution >= 0.6 is 10.7 Å². The summed E-state index contributed by atoms with van der Waals surface area (Å²) in [5.74, 6) is -1.52. The van der Waals surface area contributed by atoms with Gasteiger partial charge < -0.3 is 4.74 Å². The van der Waals surface area contributed by atoms with E-state index in [-0.39, 0.29) is 0 Å². The Morgan fingerprint density at radius 1 is 1.22 bits per heavy atom. The first-order chi connectivity index (χ1) is 8.02. The van der Waals surface area contributed by atoms with Crippen molar-refractivity contribution in [2.75, 3.05) is 0 Å². The average Bonchev–Trinajstić information content (AvgIpc) is 2.13. The molecule has 102 valence electrons. The Morgan fingerprint density at radius 2 is 1.78 bits per heavy atom. The molecule has 0 spiro atoms. The molecule has 0 fully saturated rings. The lowest BCUT2D eigenvalue weighted by molar-refractivity contribution is -0.276. The van der Waals surface area contributed by atoms with Crippen molar-refractivity contribution >= 4 is 19.7 Å². The SMILES string of the molecule is O=S(=O)(Cl)c1cccc(C(F)F)c1OC(F)(F)F. The predicted octanol–water partition coefficient (Wildman–Crippen LogP) is 3.45. The fraction of sp³-hybridized carbons (Fsp3) is 0.250. The molecule has 1 aromatic rings. The van der Waals surface area contributed by atoms with E-state index < -0.39 is 38.0 Å². The van der Waals surface area contributed by atoms with Crippen LogP contribution in [0.15, 0.2) is 23.1 Å². The molecule has 1 rings (SSSR count). The first kappa shape index (κ1) is 15.0. The van der Waals surface area contributed by atoms with E-state index in [1.165, 1.54) is 0 Å². The van der Waals surface area contributed by atoms with Crippen LogP contribution in [0.2, 0.25) is 0 Å². The topological polar surface area (TPSA) is 43.4 Å². The van der Waals surface area contributed by atoms with Crippen molar-refractivity contribution in [3.8, 4) is 5.75 Å². The van der Waals surface area contributed by atoms with Gasteiger partial charge >= 0.3 is 6.36 Å². The Morgan fingerprint density at radius 3 is 2.17 bits per heavy atom. The minimum atomic E-state index is -5.32. The van der Waals surface area contributed by atoms with Crippen molar-refractivity contribution in [1.82, 2.24) is 0 Å². The molecule has 0 aromatic heterocycles. The fourth-order valence-electron chi connectivity index (χ4n) is 1.12. The van der Waals surface area contributed by atoms with Crippen LogP contribution in [0.4, 0.5) is 22.0 Å². The molecule has 0 aliphatic heterocycles. The minimum absolute atomic E-state index is 0.608. The molecule has 0 saturated carbocycles. The number of rotatable bonds is 3. The van der Waals surface area contributed by atoms with Gasteiger partial charge in [0.1, 0.15) is 4.90 Å². The monoisotopic (exact) mass is 310 g/mol. The number of hydrogen-bond acceptors (Lipinski definition) is 3. The summed E-state index contributed by atoms with van der Waals surface area (Å²) in [6, 6.07) is 2.08. The van der Waals surface area contributed by atoms with Gasteiger partial charge in [-0.3, -0.25) is 0 Å². The van der Waals surface area contributed by atoms with E-state index in [9.17, 15) is 30.4 Å². The maximum atomic E-state index is 12.5. The Labute approximate surface area is 103 Å². The summed E-state index contributed by atoms with van der Waals surface area (Å²) in [4.78, 5) is -1.17. The number of ether oxygens (including phenoxy) is 1. The smallest absolute Gasteiger partial charge is 0.404 e. The van der Waals surface area contributed by atoms with Crippen LogP contribution in [0.25, 0.3) is 0 Å². The maximum Gasteiger partial charge on any atom is 0.573 e. The Balaban J connectivity index is 3.50. The highest BCUT2D eigenvalue weighted by atomic mass is 35.7. The van der Waals surface area contributed by atoms with Gasteiger partial charge in [0.2, 0.25) is 0 Å². The lowest BCUT2D eigenvalue weighted by Crippen LogP contribution is -2.19. The average molecular weight is 311 g/mol. The molecule has 0 bridgehead atoms. The van der Waals surface area contributed by atoms with Crippen molar-refractivity contribution < 1.29 is 35.1 Å². The summed E-state index contributed by atoms with van der Waals surface area (Å²) >= 11 is 0. The molecule has 1 aromatic carbocycles. The number of para-hydroxylation sites is 1. The Kier molecular flexibility index (Phi) is 4.06. The zero-order chi connectivity index (χ0) is 14.1. The van der Waals surface area contributed by atoms with E-state index in [1.54, 1.807) is 0 Å².